The fourth-order valence-corrected chi connectivity index (χ4v) is 1.83. The lowest BCUT2D eigenvalue weighted by Gasteiger charge is -2.07. The van der Waals surface area contributed by atoms with Crippen molar-refractivity contribution in [3.8, 4) is 5.75 Å². The summed E-state index contributed by atoms with van der Waals surface area (Å²) in [7, 11) is 1.43. The number of carbonyl (C=O) groups is 1. The Kier molecular flexibility index (Phi) is 3.46. The monoisotopic (exact) mass is 246 g/mol. The van der Waals surface area contributed by atoms with E-state index in [1.807, 2.05) is 0 Å². The van der Waals surface area contributed by atoms with Crippen molar-refractivity contribution in [2.45, 2.75) is 19.8 Å². The third-order valence-electron chi connectivity index (χ3n) is 2.73. The van der Waals surface area contributed by atoms with E-state index >= 15 is 0 Å². The van der Waals surface area contributed by atoms with Gasteiger partial charge in [0, 0.05) is 12.8 Å². The van der Waals surface area contributed by atoms with E-state index in [2.05, 4.69) is 0 Å². The second-order valence-corrected chi connectivity index (χ2v) is 4.09. The summed E-state index contributed by atoms with van der Waals surface area (Å²) >= 11 is 0. The summed E-state index contributed by atoms with van der Waals surface area (Å²) in [6, 6.07) is 6.99. The van der Waals surface area contributed by atoms with Crippen LogP contribution in [0.15, 0.2) is 33.5 Å². The lowest BCUT2D eigenvalue weighted by Crippen LogP contribution is -2.10. The Morgan fingerprint density at radius 2 is 2.06 bits per heavy atom. The predicted molar refractivity (Wildman–Crippen MR) is 68.0 cm³/mol. The molecule has 0 bridgehead atoms. The summed E-state index contributed by atoms with van der Waals surface area (Å²) < 4.78 is 10.7. The van der Waals surface area contributed by atoms with Crippen LogP contribution in [0, 0.1) is 0 Å². The molecule has 0 saturated carbocycles. The first-order valence-electron chi connectivity index (χ1n) is 5.71. The summed E-state index contributed by atoms with van der Waals surface area (Å²) in [6.45, 7) is 1.51. The molecule has 1 aromatic carbocycles. The number of hydrogen-bond donors (Lipinski definition) is 0. The first-order valence-corrected chi connectivity index (χ1v) is 5.71. The Labute approximate surface area is 104 Å². The third kappa shape index (κ3) is 2.27. The van der Waals surface area contributed by atoms with Gasteiger partial charge >= 0.3 is 0 Å². The number of ketones is 1. The summed E-state index contributed by atoms with van der Waals surface area (Å²) in [5.41, 5.74) is 0.319. The zero-order valence-corrected chi connectivity index (χ0v) is 10.4. The highest BCUT2D eigenvalue weighted by Crippen LogP contribution is 2.21. The quantitative estimate of drug-likeness (QED) is 0.830. The normalized spacial score (nSPS) is 10.6. The van der Waals surface area contributed by atoms with E-state index < -0.39 is 0 Å². The van der Waals surface area contributed by atoms with Crippen LogP contribution < -0.4 is 10.2 Å². The van der Waals surface area contributed by atoms with Crippen LogP contribution in [0.4, 0.5) is 0 Å². The number of rotatable bonds is 4. The fourth-order valence-electron chi connectivity index (χ4n) is 1.83. The molecule has 0 aliphatic heterocycles. The maximum absolute atomic E-state index is 12.2. The maximum Gasteiger partial charge on any atom is 0.234 e. The molecule has 2 aromatic rings. The molecule has 0 atom stereocenters. The van der Waals surface area contributed by atoms with Crippen molar-refractivity contribution in [1.29, 1.82) is 0 Å². The van der Waals surface area contributed by atoms with Gasteiger partial charge in [-0.1, -0.05) is 12.1 Å². The highest BCUT2D eigenvalue weighted by Gasteiger charge is 2.14. The molecule has 1 heterocycles. The molecule has 4 heteroatoms. The Balaban J connectivity index is 2.58. The molecule has 0 spiro atoms. The van der Waals surface area contributed by atoms with Crippen molar-refractivity contribution in [2.24, 2.45) is 0 Å². The lowest BCUT2D eigenvalue weighted by molar-refractivity contribution is -0.117. The molecule has 0 fully saturated rings. The number of carbonyl (C=O) groups excluding carboxylic acids is 1. The smallest absolute Gasteiger partial charge is 0.234 e. The summed E-state index contributed by atoms with van der Waals surface area (Å²) in [5.74, 6) is 0.666. The van der Waals surface area contributed by atoms with Gasteiger partial charge < -0.3 is 13.9 Å². The number of hydrogen-bond acceptors (Lipinski definition) is 4. The van der Waals surface area contributed by atoms with E-state index in [-0.39, 0.29) is 17.0 Å². The van der Waals surface area contributed by atoms with E-state index in [1.54, 1.807) is 24.3 Å². The van der Waals surface area contributed by atoms with Gasteiger partial charge in [-0.3, -0.25) is 4.79 Å². The van der Waals surface area contributed by atoms with Crippen molar-refractivity contribution in [3.63, 3.8) is 0 Å². The Bertz CT molecular complexity index is 640. The number of ether oxygens (including phenoxy) is 1. The average Bonchev–Trinajstić information content (AvgIpc) is 2.36. The van der Waals surface area contributed by atoms with Crippen molar-refractivity contribution in [2.75, 3.05) is 7.11 Å². The minimum atomic E-state index is -0.196. The summed E-state index contributed by atoms with van der Waals surface area (Å²) in [4.78, 5) is 23.2. The molecule has 1 aromatic heterocycles. The standard InChI is InChI=1S/C14H14O4/c1-9(15)7-8-12-14(17-2)13(16)10-5-3-4-6-11(10)18-12/h3-6H,7-8H2,1-2H3. The van der Waals surface area contributed by atoms with Crippen molar-refractivity contribution in [3.05, 3.63) is 40.2 Å². The summed E-state index contributed by atoms with van der Waals surface area (Å²) in [5, 5.41) is 0.487. The zero-order valence-electron chi connectivity index (χ0n) is 10.4. The van der Waals surface area contributed by atoms with E-state index in [4.69, 9.17) is 9.15 Å². The molecule has 94 valence electrons. The number of para-hydroxylation sites is 1. The molecular weight excluding hydrogens is 232 g/mol. The van der Waals surface area contributed by atoms with Gasteiger partial charge in [-0.15, -0.1) is 0 Å². The molecule has 0 aliphatic carbocycles. The van der Waals surface area contributed by atoms with Gasteiger partial charge in [-0.25, -0.2) is 0 Å². The van der Waals surface area contributed by atoms with Crippen LogP contribution >= 0.6 is 0 Å². The van der Waals surface area contributed by atoms with Gasteiger partial charge in [0.15, 0.2) is 5.76 Å². The molecule has 0 N–H and O–H groups in total. The van der Waals surface area contributed by atoms with Crippen molar-refractivity contribution in [1.82, 2.24) is 0 Å². The van der Waals surface area contributed by atoms with Gasteiger partial charge in [-0.2, -0.15) is 0 Å². The maximum atomic E-state index is 12.2. The van der Waals surface area contributed by atoms with Gasteiger partial charge in [-0.05, 0) is 19.1 Å². The Morgan fingerprint density at radius 1 is 1.33 bits per heavy atom. The van der Waals surface area contributed by atoms with Crippen LogP contribution in [-0.4, -0.2) is 12.9 Å². The lowest BCUT2D eigenvalue weighted by atomic mass is 10.1. The van der Waals surface area contributed by atoms with E-state index in [0.29, 0.717) is 29.6 Å². The van der Waals surface area contributed by atoms with E-state index in [1.165, 1.54) is 14.0 Å². The minimum absolute atomic E-state index is 0.0489. The molecule has 18 heavy (non-hydrogen) atoms. The molecule has 0 radical (unpaired) electrons. The second kappa shape index (κ2) is 5.04. The SMILES string of the molecule is COc1c(CCC(C)=O)oc2ccccc2c1=O. The van der Waals surface area contributed by atoms with E-state index in [0.717, 1.165) is 0 Å². The predicted octanol–water partition coefficient (Wildman–Crippen LogP) is 2.32. The van der Waals surface area contributed by atoms with Crippen LogP contribution in [0.25, 0.3) is 11.0 Å². The Morgan fingerprint density at radius 3 is 2.72 bits per heavy atom. The number of methoxy groups -OCH3 is 1. The van der Waals surface area contributed by atoms with E-state index in [9.17, 15) is 9.59 Å². The second-order valence-electron chi connectivity index (χ2n) is 4.09. The zero-order chi connectivity index (χ0) is 13.1. The largest absolute Gasteiger partial charge is 0.490 e. The number of Topliss-reactive ketones (excluding diaryl/α,β-unsaturated/α-hetero) is 1. The van der Waals surface area contributed by atoms with Crippen molar-refractivity contribution >= 4 is 16.8 Å². The van der Waals surface area contributed by atoms with Gasteiger partial charge in [0.05, 0.1) is 12.5 Å². The average molecular weight is 246 g/mol. The molecule has 2 rings (SSSR count). The molecular formula is C14H14O4. The van der Waals surface area contributed by atoms with Gasteiger partial charge in [0.25, 0.3) is 0 Å². The van der Waals surface area contributed by atoms with Crippen LogP contribution in [0.1, 0.15) is 19.1 Å². The minimum Gasteiger partial charge on any atom is -0.490 e. The topological polar surface area (TPSA) is 56.5 Å². The number of benzene rings is 1. The molecule has 4 nitrogen and oxygen atoms in total. The fraction of sp³-hybridized carbons (Fsp3) is 0.286. The number of aryl methyl sites for hydroxylation is 1. The third-order valence-corrected chi connectivity index (χ3v) is 2.73. The Hall–Kier alpha value is -2.10. The van der Waals surface area contributed by atoms with Crippen LogP contribution in [0.3, 0.4) is 0 Å². The van der Waals surface area contributed by atoms with Crippen molar-refractivity contribution < 1.29 is 13.9 Å². The van der Waals surface area contributed by atoms with Gasteiger partial charge in [0.2, 0.25) is 11.2 Å². The highest BCUT2D eigenvalue weighted by molar-refractivity contribution is 5.78. The summed E-state index contributed by atoms with van der Waals surface area (Å²) in [6.07, 6.45) is 0.705. The highest BCUT2D eigenvalue weighted by atomic mass is 16.5. The molecule has 0 unspecified atom stereocenters. The first kappa shape index (κ1) is 12.4. The molecule has 0 saturated heterocycles. The molecule has 0 amide bonds. The molecule has 0 aliphatic rings. The number of fused-ring (bicyclic) bond motifs is 1. The van der Waals surface area contributed by atoms with Crippen LogP contribution in [-0.2, 0) is 11.2 Å². The first-order chi connectivity index (χ1) is 8.63. The van der Waals surface area contributed by atoms with Gasteiger partial charge in [0.1, 0.15) is 11.4 Å². The van der Waals surface area contributed by atoms with Crippen LogP contribution in [0.5, 0.6) is 5.75 Å². The van der Waals surface area contributed by atoms with Crippen LogP contribution in [0.2, 0.25) is 0 Å².